The van der Waals surface area contributed by atoms with Crippen LogP contribution in [0.15, 0.2) is 53.9 Å². The summed E-state index contributed by atoms with van der Waals surface area (Å²) >= 11 is 1.29. The largest absolute Gasteiger partial charge is 0.493 e. The van der Waals surface area contributed by atoms with Crippen LogP contribution >= 0.6 is 11.3 Å². The number of methoxy groups -OCH3 is 2. The average molecular weight is 538 g/mol. The van der Waals surface area contributed by atoms with Gasteiger partial charge in [-0.15, -0.1) is 11.3 Å². The van der Waals surface area contributed by atoms with E-state index in [1.165, 1.54) is 30.5 Å². The van der Waals surface area contributed by atoms with Gasteiger partial charge in [-0.2, -0.15) is 0 Å². The summed E-state index contributed by atoms with van der Waals surface area (Å²) in [4.78, 5) is 42.2. The summed E-state index contributed by atoms with van der Waals surface area (Å²) in [5, 5.41) is 7.50. The number of nitrogens with zero attached hydrogens (tertiary/aromatic N) is 1. The van der Waals surface area contributed by atoms with Gasteiger partial charge in [-0.1, -0.05) is 18.2 Å². The van der Waals surface area contributed by atoms with Gasteiger partial charge in [0.1, 0.15) is 6.04 Å². The summed E-state index contributed by atoms with van der Waals surface area (Å²) in [6, 6.07) is 13.1. The van der Waals surface area contributed by atoms with Crippen molar-refractivity contribution < 1.29 is 23.9 Å². The topological polar surface area (TPSA) is 97.0 Å². The first-order valence-corrected chi connectivity index (χ1v) is 13.1. The Morgan fingerprint density at radius 2 is 1.66 bits per heavy atom. The third kappa shape index (κ3) is 6.92. The lowest BCUT2D eigenvalue weighted by Gasteiger charge is -2.34. The molecule has 38 heavy (non-hydrogen) atoms. The Morgan fingerprint density at radius 1 is 0.947 bits per heavy atom. The van der Waals surface area contributed by atoms with Crippen LogP contribution in [0.5, 0.6) is 11.5 Å². The minimum Gasteiger partial charge on any atom is -0.493 e. The molecular weight excluding hydrogens is 502 g/mol. The second-order valence-electron chi connectivity index (χ2n) is 9.95. The van der Waals surface area contributed by atoms with Crippen LogP contribution in [0.25, 0.3) is 0 Å². The van der Waals surface area contributed by atoms with E-state index in [-0.39, 0.29) is 18.4 Å². The van der Waals surface area contributed by atoms with E-state index in [2.05, 4.69) is 10.6 Å². The minimum absolute atomic E-state index is 0.295. The second kappa shape index (κ2) is 12.1. The Morgan fingerprint density at radius 3 is 2.24 bits per heavy atom. The molecule has 202 valence electrons. The molecule has 2 aromatic carbocycles. The third-order valence-corrected chi connectivity index (χ3v) is 6.78. The summed E-state index contributed by atoms with van der Waals surface area (Å²) in [7, 11) is 3.04. The highest BCUT2D eigenvalue weighted by Gasteiger charge is 2.35. The monoisotopic (exact) mass is 537 g/mol. The van der Waals surface area contributed by atoms with E-state index < -0.39 is 17.5 Å². The highest BCUT2D eigenvalue weighted by Crippen LogP contribution is 2.35. The standard InChI is InChI=1S/C29H35N3O5S/c1-18-10-12-21(15-19(18)2)32(25(33)17-30-27(34)24-9-8-14-38-24)26(28(35)31-29(3,4)5)20-11-13-22(36-6)23(16-20)37-7/h8-16,26H,17H2,1-7H3,(H,30,34)(H,31,35). The van der Waals surface area contributed by atoms with Crippen molar-refractivity contribution in [3.63, 3.8) is 0 Å². The van der Waals surface area contributed by atoms with Gasteiger partial charge >= 0.3 is 0 Å². The lowest BCUT2D eigenvalue weighted by atomic mass is 9.99. The Labute approximate surface area is 228 Å². The SMILES string of the molecule is COc1ccc(C(C(=O)NC(C)(C)C)N(C(=O)CNC(=O)c2cccs2)c2ccc(C)c(C)c2)cc1OC. The average Bonchev–Trinajstić information content (AvgIpc) is 3.41. The Bertz CT molecular complexity index is 1300. The lowest BCUT2D eigenvalue weighted by molar-refractivity contribution is -0.127. The predicted molar refractivity (Wildman–Crippen MR) is 150 cm³/mol. The fourth-order valence-corrected chi connectivity index (χ4v) is 4.57. The van der Waals surface area contributed by atoms with E-state index in [1.54, 1.807) is 41.8 Å². The molecule has 0 saturated carbocycles. The van der Waals surface area contributed by atoms with Gasteiger partial charge in [-0.05, 0) is 87.0 Å². The molecule has 1 aromatic heterocycles. The Hall–Kier alpha value is -3.85. The summed E-state index contributed by atoms with van der Waals surface area (Å²) in [6.07, 6.45) is 0. The van der Waals surface area contributed by atoms with Crippen LogP contribution in [0.2, 0.25) is 0 Å². The first-order valence-electron chi connectivity index (χ1n) is 12.2. The maximum atomic E-state index is 13.9. The minimum atomic E-state index is -1.05. The number of benzene rings is 2. The molecule has 0 spiro atoms. The van der Waals surface area contributed by atoms with Crippen molar-refractivity contribution >= 4 is 34.7 Å². The van der Waals surface area contributed by atoms with Crippen molar-refractivity contribution in [2.75, 3.05) is 25.7 Å². The van der Waals surface area contributed by atoms with Crippen molar-refractivity contribution in [1.82, 2.24) is 10.6 Å². The summed E-state index contributed by atoms with van der Waals surface area (Å²) in [5.41, 5.74) is 2.52. The highest BCUT2D eigenvalue weighted by atomic mass is 32.1. The van der Waals surface area contributed by atoms with Gasteiger partial charge in [0.2, 0.25) is 11.8 Å². The van der Waals surface area contributed by atoms with Crippen LogP contribution in [0.4, 0.5) is 5.69 Å². The number of rotatable bonds is 9. The van der Waals surface area contributed by atoms with Crippen molar-refractivity contribution in [3.05, 3.63) is 75.5 Å². The molecule has 8 nitrogen and oxygen atoms in total. The number of thiophene rings is 1. The fourth-order valence-electron chi connectivity index (χ4n) is 3.93. The summed E-state index contributed by atoms with van der Waals surface area (Å²) in [5.74, 6) is -0.242. The smallest absolute Gasteiger partial charge is 0.261 e. The lowest BCUT2D eigenvalue weighted by Crippen LogP contribution is -2.51. The number of amides is 3. The zero-order chi connectivity index (χ0) is 28.0. The number of ether oxygens (including phenoxy) is 2. The molecule has 0 fully saturated rings. The predicted octanol–water partition coefficient (Wildman–Crippen LogP) is 4.80. The number of hydrogen-bond acceptors (Lipinski definition) is 6. The molecule has 1 unspecified atom stereocenters. The maximum Gasteiger partial charge on any atom is 0.261 e. The van der Waals surface area contributed by atoms with Gasteiger partial charge in [0.05, 0.1) is 25.6 Å². The quantitative estimate of drug-likeness (QED) is 0.409. The van der Waals surface area contributed by atoms with Gasteiger partial charge in [0.25, 0.3) is 5.91 Å². The van der Waals surface area contributed by atoms with Gasteiger partial charge in [-0.3, -0.25) is 19.3 Å². The summed E-state index contributed by atoms with van der Waals surface area (Å²) in [6.45, 7) is 9.25. The van der Waals surface area contributed by atoms with Gasteiger partial charge in [-0.25, -0.2) is 0 Å². The molecule has 0 saturated heterocycles. The van der Waals surface area contributed by atoms with Crippen LogP contribution in [0.3, 0.4) is 0 Å². The normalized spacial score (nSPS) is 11.9. The van der Waals surface area contributed by atoms with E-state index in [0.717, 1.165) is 11.1 Å². The molecular formula is C29H35N3O5S. The van der Waals surface area contributed by atoms with E-state index in [9.17, 15) is 14.4 Å². The zero-order valence-corrected chi connectivity index (χ0v) is 23.7. The number of anilines is 1. The number of carbonyl (C=O) groups is 3. The fraction of sp³-hybridized carbons (Fsp3) is 0.345. The van der Waals surface area contributed by atoms with Crippen LogP contribution < -0.4 is 25.0 Å². The van der Waals surface area contributed by atoms with Crippen molar-refractivity contribution in [3.8, 4) is 11.5 Å². The molecule has 2 N–H and O–H groups in total. The van der Waals surface area contributed by atoms with Gasteiger partial charge in [0.15, 0.2) is 11.5 Å². The number of carbonyl (C=O) groups excluding carboxylic acids is 3. The second-order valence-corrected chi connectivity index (χ2v) is 10.9. The third-order valence-electron chi connectivity index (χ3n) is 5.91. The zero-order valence-electron chi connectivity index (χ0n) is 22.9. The molecule has 0 radical (unpaired) electrons. The van der Waals surface area contributed by atoms with Gasteiger partial charge < -0.3 is 20.1 Å². The molecule has 0 aliphatic rings. The first-order chi connectivity index (χ1) is 17.9. The van der Waals surface area contributed by atoms with Crippen LogP contribution in [-0.2, 0) is 9.59 Å². The number of aryl methyl sites for hydroxylation is 2. The number of hydrogen-bond donors (Lipinski definition) is 2. The molecule has 3 rings (SSSR count). The van der Waals surface area contributed by atoms with Crippen LogP contribution in [0, 0.1) is 13.8 Å². The molecule has 3 aromatic rings. The maximum absolute atomic E-state index is 13.9. The molecule has 0 aliphatic carbocycles. The van der Waals surface area contributed by atoms with E-state index in [4.69, 9.17) is 9.47 Å². The van der Waals surface area contributed by atoms with E-state index in [0.29, 0.717) is 27.6 Å². The Balaban J connectivity index is 2.12. The van der Waals surface area contributed by atoms with E-state index in [1.807, 2.05) is 46.8 Å². The Kier molecular flexibility index (Phi) is 9.17. The molecule has 0 bridgehead atoms. The number of nitrogens with one attached hydrogen (secondary N) is 2. The highest BCUT2D eigenvalue weighted by molar-refractivity contribution is 7.12. The molecule has 9 heteroatoms. The van der Waals surface area contributed by atoms with Gasteiger partial charge in [0, 0.05) is 11.2 Å². The van der Waals surface area contributed by atoms with Crippen molar-refractivity contribution in [2.24, 2.45) is 0 Å². The summed E-state index contributed by atoms with van der Waals surface area (Å²) < 4.78 is 10.9. The van der Waals surface area contributed by atoms with Crippen LogP contribution in [0.1, 0.15) is 53.2 Å². The first kappa shape index (κ1) is 28.7. The van der Waals surface area contributed by atoms with Crippen LogP contribution in [-0.4, -0.2) is 44.0 Å². The van der Waals surface area contributed by atoms with Crippen molar-refractivity contribution in [2.45, 2.75) is 46.2 Å². The molecule has 1 atom stereocenters. The molecule has 0 aliphatic heterocycles. The molecule has 1 heterocycles. The molecule has 3 amide bonds. The van der Waals surface area contributed by atoms with Crippen molar-refractivity contribution in [1.29, 1.82) is 0 Å². The van der Waals surface area contributed by atoms with E-state index >= 15 is 0 Å².